The van der Waals surface area contributed by atoms with Crippen LogP contribution in [0.15, 0.2) is 24.3 Å². The van der Waals surface area contributed by atoms with Crippen molar-refractivity contribution in [3.8, 4) is 0 Å². The van der Waals surface area contributed by atoms with Crippen LogP contribution in [0.2, 0.25) is 0 Å². The lowest BCUT2D eigenvalue weighted by Gasteiger charge is -2.39. The van der Waals surface area contributed by atoms with Gasteiger partial charge in [0.2, 0.25) is 5.91 Å². The highest BCUT2D eigenvalue weighted by Crippen LogP contribution is 2.25. The van der Waals surface area contributed by atoms with Crippen molar-refractivity contribution >= 4 is 11.6 Å². The van der Waals surface area contributed by atoms with E-state index in [-0.39, 0.29) is 11.9 Å². The second-order valence-electron chi connectivity index (χ2n) is 5.65. The molecule has 1 saturated heterocycles. The number of hydrogen-bond donors (Lipinski definition) is 1. The summed E-state index contributed by atoms with van der Waals surface area (Å²) in [5.41, 5.74) is 2.55. The molecule has 0 bridgehead atoms. The lowest BCUT2D eigenvalue weighted by molar-refractivity contribution is -0.119. The number of hydrogen-bond acceptors (Lipinski definition) is 2. The monoisotopic (exact) mass is 260 g/mol. The van der Waals surface area contributed by atoms with Gasteiger partial charge < -0.3 is 10.2 Å². The second-order valence-corrected chi connectivity index (χ2v) is 5.65. The van der Waals surface area contributed by atoms with E-state index in [0.29, 0.717) is 5.92 Å². The third-order valence-corrected chi connectivity index (χ3v) is 3.92. The summed E-state index contributed by atoms with van der Waals surface area (Å²) in [6, 6.07) is 8.94. The van der Waals surface area contributed by atoms with Crippen molar-refractivity contribution in [2.45, 2.75) is 39.7 Å². The van der Waals surface area contributed by atoms with Crippen molar-refractivity contribution < 1.29 is 4.79 Å². The molecule has 2 atom stereocenters. The molecule has 2 rings (SSSR count). The highest BCUT2D eigenvalue weighted by atomic mass is 16.1. The van der Waals surface area contributed by atoms with E-state index in [4.69, 9.17) is 0 Å². The lowest BCUT2D eigenvalue weighted by Crippen LogP contribution is -2.50. The van der Waals surface area contributed by atoms with Crippen LogP contribution in [-0.4, -0.2) is 25.0 Å². The molecule has 0 radical (unpaired) electrons. The number of carbonyl (C=O) groups excluding carboxylic acids is 1. The molecule has 1 aliphatic heterocycles. The summed E-state index contributed by atoms with van der Waals surface area (Å²) in [4.78, 5) is 13.7. The molecule has 1 heterocycles. The smallest absolute Gasteiger partial charge is 0.217 e. The van der Waals surface area contributed by atoms with Crippen LogP contribution in [0, 0.1) is 12.8 Å². The van der Waals surface area contributed by atoms with Crippen molar-refractivity contribution in [1.29, 1.82) is 0 Å². The molecule has 1 amide bonds. The maximum absolute atomic E-state index is 11.3. The molecule has 2 unspecified atom stereocenters. The largest absolute Gasteiger partial charge is 0.369 e. The lowest BCUT2D eigenvalue weighted by atomic mass is 9.91. The van der Waals surface area contributed by atoms with Gasteiger partial charge in [-0.05, 0) is 31.4 Å². The van der Waals surface area contributed by atoms with Crippen LogP contribution in [0.25, 0.3) is 0 Å². The summed E-state index contributed by atoms with van der Waals surface area (Å²) in [6.45, 7) is 7.95. The molecular formula is C16H24N2O. The standard InChI is InChI=1S/C16H24N2O/c1-4-14-9-15(17-13(3)19)11-18(10-14)16-7-5-12(2)6-8-16/h5-8,14-15H,4,9-11H2,1-3H3,(H,17,19). The minimum atomic E-state index is 0.0746. The Balaban J connectivity index is 2.10. The molecule has 1 N–H and O–H groups in total. The van der Waals surface area contributed by atoms with Crippen LogP contribution < -0.4 is 10.2 Å². The molecule has 0 spiro atoms. The van der Waals surface area contributed by atoms with Crippen LogP contribution in [0.4, 0.5) is 5.69 Å². The molecule has 0 saturated carbocycles. The zero-order chi connectivity index (χ0) is 13.8. The van der Waals surface area contributed by atoms with Crippen LogP contribution in [-0.2, 0) is 4.79 Å². The number of benzene rings is 1. The number of nitrogens with one attached hydrogen (secondary N) is 1. The van der Waals surface area contributed by atoms with E-state index in [1.165, 1.54) is 17.7 Å². The van der Waals surface area contributed by atoms with Gasteiger partial charge in [0.05, 0.1) is 0 Å². The Morgan fingerprint density at radius 3 is 2.58 bits per heavy atom. The summed E-state index contributed by atoms with van der Waals surface area (Å²) in [6.07, 6.45) is 2.26. The molecule has 104 valence electrons. The first kappa shape index (κ1) is 13.9. The fourth-order valence-corrected chi connectivity index (χ4v) is 2.86. The molecule has 1 aliphatic rings. The fraction of sp³-hybridized carbons (Fsp3) is 0.562. The van der Waals surface area contributed by atoms with E-state index in [1.54, 1.807) is 6.92 Å². The van der Waals surface area contributed by atoms with E-state index in [1.807, 2.05) is 0 Å². The maximum Gasteiger partial charge on any atom is 0.217 e. The van der Waals surface area contributed by atoms with E-state index in [2.05, 4.69) is 48.3 Å². The van der Waals surface area contributed by atoms with Crippen LogP contribution in [0.5, 0.6) is 0 Å². The Morgan fingerprint density at radius 2 is 2.00 bits per heavy atom. The number of amides is 1. The van der Waals surface area contributed by atoms with Gasteiger partial charge in [-0.3, -0.25) is 4.79 Å². The zero-order valence-electron chi connectivity index (χ0n) is 12.1. The van der Waals surface area contributed by atoms with E-state index < -0.39 is 0 Å². The number of rotatable bonds is 3. The first-order valence-corrected chi connectivity index (χ1v) is 7.17. The summed E-state index contributed by atoms with van der Waals surface area (Å²) < 4.78 is 0. The van der Waals surface area contributed by atoms with Crippen molar-refractivity contribution in [1.82, 2.24) is 5.32 Å². The zero-order valence-corrected chi connectivity index (χ0v) is 12.1. The average Bonchev–Trinajstić information content (AvgIpc) is 2.38. The molecule has 1 aromatic rings. The topological polar surface area (TPSA) is 32.3 Å². The molecular weight excluding hydrogens is 236 g/mol. The van der Waals surface area contributed by atoms with Crippen molar-refractivity contribution in [3.05, 3.63) is 29.8 Å². The Kier molecular flexibility index (Phi) is 4.46. The van der Waals surface area contributed by atoms with Crippen LogP contribution in [0.3, 0.4) is 0 Å². The Hall–Kier alpha value is -1.51. The first-order valence-electron chi connectivity index (χ1n) is 7.17. The number of anilines is 1. The molecule has 1 fully saturated rings. The Morgan fingerprint density at radius 1 is 1.32 bits per heavy atom. The van der Waals surface area contributed by atoms with Gasteiger partial charge >= 0.3 is 0 Å². The number of carbonyl (C=O) groups is 1. The summed E-state index contributed by atoms with van der Waals surface area (Å²) in [7, 11) is 0. The highest BCUT2D eigenvalue weighted by Gasteiger charge is 2.26. The van der Waals surface area contributed by atoms with Gasteiger partial charge in [0, 0.05) is 31.7 Å². The number of nitrogens with zero attached hydrogens (tertiary/aromatic N) is 1. The summed E-state index contributed by atoms with van der Waals surface area (Å²) in [5, 5.41) is 3.08. The van der Waals surface area contributed by atoms with E-state index >= 15 is 0 Å². The Bertz CT molecular complexity index is 427. The van der Waals surface area contributed by atoms with E-state index in [0.717, 1.165) is 19.5 Å². The minimum absolute atomic E-state index is 0.0746. The van der Waals surface area contributed by atoms with Gasteiger partial charge in [0.15, 0.2) is 0 Å². The normalized spacial score (nSPS) is 23.2. The van der Waals surface area contributed by atoms with E-state index in [9.17, 15) is 4.79 Å². The molecule has 19 heavy (non-hydrogen) atoms. The van der Waals surface area contributed by atoms with Gasteiger partial charge in [0.25, 0.3) is 0 Å². The van der Waals surface area contributed by atoms with Gasteiger partial charge in [-0.1, -0.05) is 31.0 Å². The summed E-state index contributed by atoms with van der Waals surface area (Å²) >= 11 is 0. The minimum Gasteiger partial charge on any atom is -0.369 e. The van der Waals surface area contributed by atoms with Crippen LogP contribution in [0.1, 0.15) is 32.3 Å². The quantitative estimate of drug-likeness (QED) is 0.906. The van der Waals surface area contributed by atoms with Crippen LogP contribution >= 0.6 is 0 Å². The van der Waals surface area contributed by atoms with Gasteiger partial charge in [0.1, 0.15) is 0 Å². The van der Waals surface area contributed by atoms with Gasteiger partial charge in [-0.2, -0.15) is 0 Å². The molecule has 3 heteroatoms. The van der Waals surface area contributed by atoms with Gasteiger partial charge in [-0.15, -0.1) is 0 Å². The van der Waals surface area contributed by atoms with Crippen molar-refractivity contribution in [3.63, 3.8) is 0 Å². The number of aryl methyl sites for hydroxylation is 1. The van der Waals surface area contributed by atoms with Crippen molar-refractivity contribution in [2.75, 3.05) is 18.0 Å². The molecule has 1 aromatic carbocycles. The molecule has 3 nitrogen and oxygen atoms in total. The third-order valence-electron chi connectivity index (χ3n) is 3.92. The molecule has 0 aliphatic carbocycles. The predicted octanol–water partition coefficient (Wildman–Crippen LogP) is 2.74. The highest BCUT2D eigenvalue weighted by molar-refractivity contribution is 5.73. The number of piperidine rings is 1. The predicted molar refractivity (Wildman–Crippen MR) is 79.4 cm³/mol. The molecule has 0 aromatic heterocycles. The maximum atomic E-state index is 11.3. The van der Waals surface area contributed by atoms with Crippen molar-refractivity contribution in [2.24, 2.45) is 5.92 Å². The SMILES string of the molecule is CCC1CC(NC(C)=O)CN(c2ccc(C)cc2)C1. The fourth-order valence-electron chi connectivity index (χ4n) is 2.86. The van der Waals surface area contributed by atoms with Gasteiger partial charge in [-0.25, -0.2) is 0 Å². The summed E-state index contributed by atoms with van der Waals surface area (Å²) in [5.74, 6) is 0.734. The Labute approximate surface area is 116 Å². The first-order chi connectivity index (χ1) is 9.08. The second kappa shape index (κ2) is 6.09. The average molecular weight is 260 g/mol. The third kappa shape index (κ3) is 3.72.